The van der Waals surface area contributed by atoms with Crippen molar-refractivity contribution in [1.82, 2.24) is 14.8 Å². The average molecular weight is 311 g/mol. The number of anilines is 1. The van der Waals surface area contributed by atoms with Gasteiger partial charge in [-0.2, -0.15) is 0 Å². The highest BCUT2D eigenvalue weighted by Gasteiger charge is 2.27. The number of likely N-dealkylation sites (tertiary alicyclic amines) is 1. The average Bonchev–Trinajstić information content (AvgIpc) is 2.94. The van der Waals surface area contributed by atoms with Crippen molar-refractivity contribution in [2.24, 2.45) is 0 Å². The molecule has 6 heteroatoms. The molecule has 1 saturated heterocycles. The predicted octanol–water partition coefficient (Wildman–Crippen LogP) is 2.33. The van der Waals surface area contributed by atoms with Crippen LogP contribution in [-0.2, 0) is 0 Å². The van der Waals surface area contributed by atoms with Crippen LogP contribution in [-0.4, -0.2) is 60.5 Å². The number of hydrogen-bond donors (Lipinski definition) is 1. The molecule has 0 aromatic carbocycles. The smallest absolute Gasteiger partial charge is 0.273 e. The molecule has 1 amide bonds. The van der Waals surface area contributed by atoms with Crippen LogP contribution in [0, 0.1) is 0 Å². The minimum atomic E-state index is -0.125. The second kappa shape index (κ2) is 7.09. The third kappa shape index (κ3) is 3.66. The number of likely N-dealkylation sites (N-methyl/N-ethyl adjacent to an activating group) is 2. The maximum Gasteiger partial charge on any atom is 0.273 e. The molecule has 1 fully saturated rings. The number of hydrogen-bond acceptors (Lipinski definition) is 4. The van der Waals surface area contributed by atoms with E-state index in [1.165, 1.54) is 6.42 Å². The largest absolute Gasteiger partial charge is 0.373 e. The van der Waals surface area contributed by atoms with Gasteiger partial charge in [0.25, 0.3) is 5.91 Å². The first kappa shape index (κ1) is 16.0. The van der Waals surface area contributed by atoms with Crippen molar-refractivity contribution in [3.05, 3.63) is 22.8 Å². The summed E-state index contributed by atoms with van der Waals surface area (Å²) in [7, 11) is 3.59. The summed E-state index contributed by atoms with van der Waals surface area (Å²) in [4.78, 5) is 21.0. The molecule has 1 aromatic rings. The molecule has 1 aliphatic rings. The first-order valence-corrected chi connectivity index (χ1v) is 7.78. The van der Waals surface area contributed by atoms with E-state index in [1.54, 1.807) is 24.1 Å². The van der Waals surface area contributed by atoms with Gasteiger partial charge in [-0.15, -0.1) is 0 Å². The molecule has 2 rings (SSSR count). The number of nitrogens with zero attached hydrogens (tertiary/aromatic N) is 3. The molecule has 5 nitrogen and oxygen atoms in total. The Bertz CT molecular complexity index is 508. The van der Waals surface area contributed by atoms with Crippen molar-refractivity contribution in [3.8, 4) is 0 Å². The van der Waals surface area contributed by atoms with Crippen LogP contribution in [0.5, 0.6) is 0 Å². The lowest BCUT2D eigenvalue weighted by Gasteiger charge is -2.27. The van der Waals surface area contributed by atoms with Crippen LogP contribution in [0.15, 0.2) is 12.1 Å². The predicted molar refractivity (Wildman–Crippen MR) is 86.0 cm³/mol. The van der Waals surface area contributed by atoms with Gasteiger partial charge >= 0.3 is 0 Å². The lowest BCUT2D eigenvalue weighted by Crippen LogP contribution is -2.41. The van der Waals surface area contributed by atoms with Gasteiger partial charge in [0.1, 0.15) is 11.5 Å². The van der Waals surface area contributed by atoms with Gasteiger partial charge in [-0.1, -0.05) is 18.5 Å². The van der Waals surface area contributed by atoms with Crippen LogP contribution in [0.4, 0.5) is 5.82 Å². The molecule has 1 aliphatic heterocycles. The number of nitrogens with one attached hydrogen (secondary N) is 1. The Kier molecular flexibility index (Phi) is 5.42. The number of rotatable bonds is 5. The summed E-state index contributed by atoms with van der Waals surface area (Å²) in [6, 6.07) is 3.90. The molecular weight excluding hydrogens is 288 g/mol. The van der Waals surface area contributed by atoms with Crippen LogP contribution in [0.3, 0.4) is 0 Å². The van der Waals surface area contributed by atoms with Gasteiger partial charge in [-0.05, 0) is 38.1 Å². The molecule has 21 heavy (non-hydrogen) atoms. The van der Waals surface area contributed by atoms with Crippen LogP contribution >= 0.6 is 11.6 Å². The Hall–Kier alpha value is -1.33. The van der Waals surface area contributed by atoms with Gasteiger partial charge < -0.3 is 10.2 Å². The lowest BCUT2D eigenvalue weighted by atomic mass is 10.2. The summed E-state index contributed by atoms with van der Waals surface area (Å²) in [6.07, 6.45) is 2.35. The van der Waals surface area contributed by atoms with Gasteiger partial charge in [0.05, 0.1) is 5.02 Å². The summed E-state index contributed by atoms with van der Waals surface area (Å²) in [5.74, 6) is 0.521. The molecule has 0 radical (unpaired) electrons. The maximum absolute atomic E-state index is 12.5. The van der Waals surface area contributed by atoms with Crippen molar-refractivity contribution in [3.63, 3.8) is 0 Å². The van der Waals surface area contributed by atoms with Crippen LogP contribution in [0.2, 0.25) is 5.02 Å². The SMILES string of the molecule is CCN1CCCC1CN(C)C(=O)c1nc(NC)ccc1Cl. The quantitative estimate of drug-likeness (QED) is 0.907. The molecule has 1 N–H and O–H groups in total. The third-order valence-electron chi connectivity index (χ3n) is 4.04. The van der Waals surface area contributed by atoms with E-state index in [0.717, 1.165) is 19.5 Å². The number of carbonyl (C=O) groups is 1. The van der Waals surface area contributed by atoms with Gasteiger partial charge in [0.15, 0.2) is 0 Å². The van der Waals surface area contributed by atoms with Gasteiger partial charge in [-0.25, -0.2) is 4.98 Å². The molecule has 0 bridgehead atoms. The summed E-state index contributed by atoms with van der Waals surface area (Å²) in [5.41, 5.74) is 0.312. The minimum Gasteiger partial charge on any atom is -0.373 e. The highest BCUT2D eigenvalue weighted by atomic mass is 35.5. The van der Waals surface area contributed by atoms with Crippen LogP contribution in [0.1, 0.15) is 30.3 Å². The van der Waals surface area contributed by atoms with Crippen molar-refractivity contribution >= 4 is 23.3 Å². The van der Waals surface area contributed by atoms with Crippen LogP contribution < -0.4 is 5.32 Å². The summed E-state index contributed by atoms with van der Waals surface area (Å²) in [6.45, 7) is 5.03. The number of halogens is 1. The van der Waals surface area contributed by atoms with Crippen molar-refractivity contribution < 1.29 is 4.79 Å². The molecule has 0 aliphatic carbocycles. The van der Waals surface area contributed by atoms with Crippen molar-refractivity contribution in [1.29, 1.82) is 0 Å². The van der Waals surface area contributed by atoms with Gasteiger partial charge in [-0.3, -0.25) is 9.69 Å². The van der Waals surface area contributed by atoms with E-state index in [9.17, 15) is 4.79 Å². The van der Waals surface area contributed by atoms with Crippen molar-refractivity contribution in [2.45, 2.75) is 25.8 Å². The minimum absolute atomic E-state index is 0.125. The van der Waals surface area contributed by atoms with E-state index in [0.29, 0.717) is 29.1 Å². The molecule has 116 valence electrons. The number of amides is 1. The monoisotopic (exact) mass is 310 g/mol. The summed E-state index contributed by atoms with van der Waals surface area (Å²) < 4.78 is 0. The van der Waals surface area contributed by atoms with E-state index < -0.39 is 0 Å². The molecular formula is C15H23ClN4O. The maximum atomic E-state index is 12.5. The van der Waals surface area contributed by atoms with Crippen LogP contribution in [0.25, 0.3) is 0 Å². The van der Waals surface area contributed by atoms with E-state index in [4.69, 9.17) is 11.6 Å². The molecule has 1 unspecified atom stereocenters. The Morgan fingerprint density at radius 1 is 1.57 bits per heavy atom. The zero-order valence-electron chi connectivity index (χ0n) is 12.9. The fourth-order valence-electron chi connectivity index (χ4n) is 2.83. The normalized spacial score (nSPS) is 18.8. The molecule has 0 saturated carbocycles. The standard InChI is InChI=1S/C15H23ClN4O/c1-4-20-9-5-6-11(20)10-19(3)15(21)14-12(16)7-8-13(17-2)18-14/h7-8,11H,4-6,9-10H2,1-3H3,(H,17,18). The number of aromatic nitrogens is 1. The zero-order valence-corrected chi connectivity index (χ0v) is 13.7. The second-order valence-corrected chi connectivity index (χ2v) is 5.79. The first-order valence-electron chi connectivity index (χ1n) is 7.40. The Morgan fingerprint density at radius 2 is 2.33 bits per heavy atom. The first-order chi connectivity index (χ1) is 10.1. The second-order valence-electron chi connectivity index (χ2n) is 5.39. The zero-order chi connectivity index (χ0) is 15.4. The summed E-state index contributed by atoms with van der Waals surface area (Å²) >= 11 is 6.12. The Balaban J connectivity index is 2.08. The fourth-order valence-corrected chi connectivity index (χ4v) is 3.02. The highest BCUT2D eigenvalue weighted by molar-refractivity contribution is 6.33. The molecule has 2 heterocycles. The topological polar surface area (TPSA) is 48.5 Å². The van der Waals surface area contributed by atoms with E-state index in [1.807, 2.05) is 7.05 Å². The molecule has 0 spiro atoms. The van der Waals surface area contributed by atoms with E-state index >= 15 is 0 Å². The van der Waals surface area contributed by atoms with Crippen molar-refractivity contribution in [2.75, 3.05) is 39.0 Å². The number of carbonyl (C=O) groups excluding carboxylic acids is 1. The van der Waals surface area contributed by atoms with Gasteiger partial charge in [0.2, 0.25) is 0 Å². The highest BCUT2D eigenvalue weighted by Crippen LogP contribution is 2.21. The fraction of sp³-hybridized carbons (Fsp3) is 0.600. The lowest BCUT2D eigenvalue weighted by molar-refractivity contribution is 0.0749. The number of pyridine rings is 1. The Labute approximate surface area is 131 Å². The van der Waals surface area contributed by atoms with Gasteiger partial charge in [0, 0.05) is 26.7 Å². The van der Waals surface area contributed by atoms with E-state index in [2.05, 4.69) is 22.1 Å². The van der Waals surface area contributed by atoms with E-state index in [-0.39, 0.29) is 5.91 Å². The third-order valence-corrected chi connectivity index (χ3v) is 4.35. The molecule has 1 aromatic heterocycles. The summed E-state index contributed by atoms with van der Waals surface area (Å²) in [5, 5.41) is 3.32. The molecule has 1 atom stereocenters. The Morgan fingerprint density at radius 3 is 3.00 bits per heavy atom.